The maximum absolute atomic E-state index is 13.1. The van der Waals surface area contributed by atoms with Crippen LogP contribution in [0.25, 0.3) is 0 Å². The zero-order valence-corrected chi connectivity index (χ0v) is 18.4. The highest BCUT2D eigenvalue weighted by Crippen LogP contribution is 2.29. The third-order valence-electron chi connectivity index (χ3n) is 6.31. The molecule has 2 aliphatic rings. The topological polar surface area (TPSA) is 70.2 Å². The Hall–Kier alpha value is -3.35. The van der Waals surface area contributed by atoms with Gasteiger partial charge in [-0.1, -0.05) is 48.5 Å². The van der Waals surface area contributed by atoms with E-state index in [1.165, 1.54) is 0 Å². The number of likely N-dealkylation sites (tertiary alicyclic amines) is 1. The van der Waals surface area contributed by atoms with Gasteiger partial charge in [-0.2, -0.15) is 0 Å². The molecule has 2 atom stereocenters. The number of amides is 3. The van der Waals surface area contributed by atoms with Crippen LogP contribution in [0.1, 0.15) is 24.9 Å². The molecule has 32 heavy (non-hydrogen) atoms. The molecule has 0 saturated carbocycles. The molecule has 0 spiro atoms. The summed E-state index contributed by atoms with van der Waals surface area (Å²) in [6, 6.07) is 19.1. The molecule has 7 nitrogen and oxygen atoms in total. The molecule has 0 N–H and O–H groups in total. The van der Waals surface area contributed by atoms with Gasteiger partial charge in [0.25, 0.3) is 5.91 Å². The molecule has 2 aliphatic heterocycles. The summed E-state index contributed by atoms with van der Waals surface area (Å²) in [6.45, 7) is 4.35. The minimum Gasteiger partial charge on any atom is -0.484 e. The smallest absolute Gasteiger partial charge is 0.260 e. The van der Waals surface area contributed by atoms with Gasteiger partial charge in [0.2, 0.25) is 11.8 Å². The first-order chi connectivity index (χ1) is 15.5. The normalized spacial score (nSPS) is 19.7. The van der Waals surface area contributed by atoms with Crippen molar-refractivity contribution < 1.29 is 19.1 Å². The van der Waals surface area contributed by atoms with Gasteiger partial charge in [-0.3, -0.25) is 14.4 Å². The molecule has 0 aromatic heterocycles. The van der Waals surface area contributed by atoms with Gasteiger partial charge < -0.3 is 19.4 Å². The maximum atomic E-state index is 13.1. The Morgan fingerprint density at radius 1 is 0.938 bits per heavy atom. The van der Waals surface area contributed by atoms with Crippen molar-refractivity contribution in [2.75, 3.05) is 39.3 Å². The lowest BCUT2D eigenvalue weighted by Gasteiger charge is -2.36. The van der Waals surface area contributed by atoms with E-state index in [0.717, 1.165) is 5.56 Å². The molecular formula is C25H29N3O4. The Bertz CT molecular complexity index is 942. The Balaban J connectivity index is 1.26. The van der Waals surface area contributed by atoms with Crippen LogP contribution in [-0.4, -0.2) is 71.8 Å². The van der Waals surface area contributed by atoms with Gasteiger partial charge in [0.05, 0.1) is 12.0 Å². The Morgan fingerprint density at radius 3 is 2.19 bits per heavy atom. The SMILES string of the molecule is CC(c1ccccc1)N1CC(C(=O)N2CCN(C(=O)COc3ccccc3)CC2)CC1=O. The average molecular weight is 436 g/mol. The van der Waals surface area contributed by atoms with Crippen molar-refractivity contribution in [3.05, 3.63) is 66.2 Å². The molecule has 0 radical (unpaired) electrons. The zero-order chi connectivity index (χ0) is 22.5. The van der Waals surface area contributed by atoms with E-state index in [1.54, 1.807) is 14.7 Å². The van der Waals surface area contributed by atoms with Crippen LogP contribution in [0, 0.1) is 5.92 Å². The van der Waals surface area contributed by atoms with E-state index in [4.69, 9.17) is 4.74 Å². The summed E-state index contributed by atoms with van der Waals surface area (Å²) in [5, 5.41) is 0. The van der Waals surface area contributed by atoms with Crippen LogP contribution in [0.4, 0.5) is 0 Å². The predicted molar refractivity (Wildman–Crippen MR) is 120 cm³/mol. The van der Waals surface area contributed by atoms with Gasteiger partial charge >= 0.3 is 0 Å². The van der Waals surface area contributed by atoms with E-state index in [9.17, 15) is 14.4 Å². The van der Waals surface area contributed by atoms with Gasteiger partial charge in [-0.25, -0.2) is 0 Å². The standard InChI is InChI=1S/C25H29N3O4/c1-19(20-8-4-2-5-9-20)28-17-21(16-23(28)29)25(31)27-14-12-26(13-15-27)24(30)18-32-22-10-6-3-7-11-22/h2-11,19,21H,12-18H2,1H3. The summed E-state index contributed by atoms with van der Waals surface area (Å²) in [5.74, 6) is 0.285. The number of hydrogen-bond donors (Lipinski definition) is 0. The van der Waals surface area contributed by atoms with Gasteiger partial charge in [0.15, 0.2) is 6.61 Å². The van der Waals surface area contributed by atoms with E-state index in [-0.39, 0.29) is 42.7 Å². The molecule has 3 amide bonds. The van der Waals surface area contributed by atoms with Crippen LogP contribution < -0.4 is 4.74 Å². The summed E-state index contributed by atoms with van der Waals surface area (Å²) in [5.41, 5.74) is 1.07. The summed E-state index contributed by atoms with van der Waals surface area (Å²) in [7, 11) is 0. The van der Waals surface area contributed by atoms with E-state index in [1.807, 2.05) is 67.6 Å². The number of rotatable bonds is 6. The fraction of sp³-hybridized carbons (Fsp3) is 0.400. The Morgan fingerprint density at radius 2 is 1.53 bits per heavy atom. The molecular weight excluding hydrogens is 406 g/mol. The monoisotopic (exact) mass is 435 g/mol. The lowest BCUT2D eigenvalue weighted by atomic mass is 10.1. The highest BCUT2D eigenvalue weighted by molar-refractivity contribution is 5.89. The van der Waals surface area contributed by atoms with E-state index < -0.39 is 0 Å². The van der Waals surface area contributed by atoms with E-state index >= 15 is 0 Å². The van der Waals surface area contributed by atoms with Crippen molar-refractivity contribution in [2.45, 2.75) is 19.4 Å². The second kappa shape index (κ2) is 9.85. The number of carbonyl (C=O) groups is 3. The zero-order valence-electron chi connectivity index (χ0n) is 18.4. The molecule has 7 heteroatoms. The summed E-state index contributed by atoms with van der Waals surface area (Å²) < 4.78 is 5.54. The Kier molecular flexibility index (Phi) is 6.73. The van der Waals surface area contributed by atoms with Gasteiger partial charge in [-0.15, -0.1) is 0 Å². The second-order valence-corrected chi connectivity index (χ2v) is 8.34. The maximum Gasteiger partial charge on any atom is 0.260 e. The lowest BCUT2D eigenvalue weighted by Crippen LogP contribution is -2.53. The number of ether oxygens (including phenoxy) is 1. The van der Waals surface area contributed by atoms with Crippen LogP contribution in [0.2, 0.25) is 0 Å². The van der Waals surface area contributed by atoms with Crippen LogP contribution in [0.15, 0.2) is 60.7 Å². The lowest BCUT2D eigenvalue weighted by molar-refractivity contribution is -0.142. The first-order valence-electron chi connectivity index (χ1n) is 11.1. The average Bonchev–Trinajstić information content (AvgIpc) is 3.24. The van der Waals surface area contributed by atoms with Crippen molar-refractivity contribution in [1.29, 1.82) is 0 Å². The van der Waals surface area contributed by atoms with E-state index in [0.29, 0.717) is 38.5 Å². The fourth-order valence-corrected chi connectivity index (χ4v) is 4.37. The highest BCUT2D eigenvalue weighted by Gasteiger charge is 2.39. The number of nitrogens with zero attached hydrogens (tertiary/aromatic N) is 3. The molecule has 2 unspecified atom stereocenters. The predicted octanol–water partition coefficient (Wildman–Crippen LogP) is 2.35. The molecule has 2 aromatic rings. The number of hydrogen-bond acceptors (Lipinski definition) is 4. The van der Waals surface area contributed by atoms with Crippen LogP contribution >= 0.6 is 0 Å². The number of benzene rings is 2. The third-order valence-corrected chi connectivity index (χ3v) is 6.31. The molecule has 2 aromatic carbocycles. The molecule has 4 rings (SSSR count). The second-order valence-electron chi connectivity index (χ2n) is 8.34. The first-order valence-corrected chi connectivity index (χ1v) is 11.1. The molecule has 2 heterocycles. The first kappa shape index (κ1) is 21.9. The van der Waals surface area contributed by atoms with Crippen molar-refractivity contribution in [3.63, 3.8) is 0 Å². The van der Waals surface area contributed by atoms with E-state index in [2.05, 4.69) is 0 Å². The van der Waals surface area contributed by atoms with Gasteiger partial charge in [0, 0.05) is 39.1 Å². The number of para-hydroxylation sites is 1. The minimum absolute atomic E-state index is 0.00810. The summed E-state index contributed by atoms with van der Waals surface area (Å²) >= 11 is 0. The minimum atomic E-state index is -0.322. The highest BCUT2D eigenvalue weighted by atomic mass is 16.5. The van der Waals surface area contributed by atoms with Crippen molar-refractivity contribution in [2.24, 2.45) is 5.92 Å². The Labute approximate surface area is 188 Å². The van der Waals surface area contributed by atoms with Gasteiger partial charge in [-0.05, 0) is 24.6 Å². The largest absolute Gasteiger partial charge is 0.484 e. The van der Waals surface area contributed by atoms with Crippen LogP contribution in [-0.2, 0) is 14.4 Å². The quantitative estimate of drug-likeness (QED) is 0.699. The summed E-state index contributed by atoms with van der Waals surface area (Å²) in [6.07, 6.45) is 0.250. The third kappa shape index (κ3) is 4.93. The molecule has 2 saturated heterocycles. The van der Waals surface area contributed by atoms with Crippen LogP contribution in [0.3, 0.4) is 0 Å². The van der Waals surface area contributed by atoms with Crippen LogP contribution in [0.5, 0.6) is 5.75 Å². The number of carbonyl (C=O) groups excluding carboxylic acids is 3. The molecule has 2 fully saturated rings. The molecule has 0 aliphatic carbocycles. The summed E-state index contributed by atoms with van der Waals surface area (Å²) in [4.78, 5) is 43.4. The van der Waals surface area contributed by atoms with Crippen molar-refractivity contribution in [1.82, 2.24) is 14.7 Å². The van der Waals surface area contributed by atoms with Crippen molar-refractivity contribution >= 4 is 17.7 Å². The van der Waals surface area contributed by atoms with Gasteiger partial charge in [0.1, 0.15) is 5.75 Å². The number of piperazine rings is 1. The fourth-order valence-electron chi connectivity index (χ4n) is 4.37. The molecule has 0 bridgehead atoms. The molecule has 168 valence electrons. The van der Waals surface area contributed by atoms with Crippen molar-refractivity contribution in [3.8, 4) is 5.75 Å².